The highest BCUT2D eigenvalue weighted by molar-refractivity contribution is 6.00. The van der Waals surface area contributed by atoms with Crippen LogP contribution < -0.4 is 19.7 Å². The molecule has 2 aliphatic rings. The Bertz CT molecular complexity index is 1140. The zero-order chi connectivity index (χ0) is 20.7. The van der Waals surface area contributed by atoms with Gasteiger partial charge in [0.2, 0.25) is 18.6 Å². The van der Waals surface area contributed by atoms with Crippen LogP contribution in [0.2, 0.25) is 0 Å². The second kappa shape index (κ2) is 7.37. The van der Waals surface area contributed by atoms with Gasteiger partial charge in [0.15, 0.2) is 11.5 Å². The number of rotatable bonds is 4. The fraction of sp³-hybridized carbons (Fsp3) is 0.250. The van der Waals surface area contributed by atoms with E-state index in [1.54, 1.807) is 17.0 Å². The third-order valence-electron chi connectivity index (χ3n) is 5.80. The molecular weight excluding hydrogens is 380 g/mol. The highest BCUT2D eigenvalue weighted by Crippen LogP contribution is 2.37. The van der Waals surface area contributed by atoms with Gasteiger partial charge in [-0.1, -0.05) is 36.4 Å². The third-order valence-corrected chi connectivity index (χ3v) is 5.80. The number of hydrogen-bond acceptors (Lipinski definition) is 4. The minimum absolute atomic E-state index is 0.0626. The van der Waals surface area contributed by atoms with Crippen molar-refractivity contribution in [1.29, 1.82) is 0 Å². The lowest BCUT2D eigenvalue weighted by Crippen LogP contribution is -2.34. The van der Waals surface area contributed by atoms with Crippen molar-refractivity contribution in [3.05, 3.63) is 66.2 Å². The molecule has 0 saturated carbocycles. The molecule has 2 heterocycles. The van der Waals surface area contributed by atoms with Crippen molar-refractivity contribution in [3.8, 4) is 11.5 Å². The average molecular weight is 402 g/mol. The van der Waals surface area contributed by atoms with Crippen LogP contribution in [0.1, 0.15) is 24.9 Å². The van der Waals surface area contributed by atoms with Crippen LogP contribution in [0, 0.1) is 5.92 Å². The number of nitrogens with one attached hydrogen (secondary N) is 1. The quantitative estimate of drug-likeness (QED) is 0.721. The minimum Gasteiger partial charge on any atom is -0.454 e. The Labute approximate surface area is 174 Å². The largest absolute Gasteiger partial charge is 0.454 e. The number of fused-ring (bicyclic) bond motifs is 2. The average Bonchev–Trinajstić information content (AvgIpc) is 3.39. The number of benzene rings is 3. The minimum atomic E-state index is -0.383. The van der Waals surface area contributed by atoms with Gasteiger partial charge >= 0.3 is 0 Å². The number of nitrogens with zero attached hydrogens (tertiary/aromatic N) is 1. The summed E-state index contributed by atoms with van der Waals surface area (Å²) in [4.78, 5) is 27.1. The number of amides is 2. The lowest BCUT2D eigenvalue weighted by molar-refractivity contribution is -0.126. The van der Waals surface area contributed by atoms with Gasteiger partial charge in [-0.25, -0.2) is 0 Å². The molecule has 6 heteroatoms. The van der Waals surface area contributed by atoms with Gasteiger partial charge in [0.25, 0.3) is 0 Å². The van der Waals surface area contributed by atoms with Gasteiger partial charge in [-0.05, 0) is 41.5 Å². The molecule has 3 aromatic rings. The number of carbonyl (C=O) groups excluding carboxylic acids is 2. The van der Waals surface area contributed by atoms with Gasteiger partial charge in [0.05, 0.1) is 12.0 Å². The number of ether oxygens (including phenoxy) is 2. The molecule has 5 rings (SSSR count). The highest BCUT2D eigenvalue weighted by Gasteiger charge is 2.36. The van der Waals surface area contributed by atoms with Crippen LogP contribution in [0.4, 0.5) is 5.69 Å². The van der Waals surface area contributed by atoms with Crippen molar-refractivity contribution in [1.82, 2.24) is 5.32 Å². The molecule has 0 aliphatic carbocycles. The standard InChI is InChI=1S/C24H22N2O4/c1-15(17-7-6-16-4-2-3-5-18(16)10-17)25-24(28)19-11-23(27)26(13-19)20-8-9-21-22(12-20)30-14-29-21/h2-10,12,15,19H,11,13-14H2,1H3,(H,25,28). The molecule has 6 nitrogen and oxygen atoms in total. The first-order valence-electron chi connectivity index (χ1n) is 10.1. The molecular formula is C24H22N2O4. The second-order valence-electron chi connectivity index (χ2n) is 7.78. The SMILES string of the molecule is CC(NC(=O)C1CC(=O)N(c2ccc3c(c2)OCO3)C1)c1ccc2ccccc2c1. The maximum absolute atomic E-state index is 12.9. The first kappa shape index (κ1) is 18.5. The summed E-state index contributed by atoms with van der Waals surface area (Å²) >= 11 is 0. The van der Waals surface area contributed by atoms with Crippen LogP contribution in [-0.2, 0) is 9.59 Å². The van der Waals surface area contributed by atoms with Crippen molar-refractivity contribution in [3.63, 3.8) is 0 Å². The molecule has 30 heavy (non-hydrogen) atoms. The summed E-state index contributed by atoms with van der Waals surface area (Å²) in [5.74, 6) is 0.743. The third kappa shape index (κ3) is 3.34. The predicted molar refractivity (Wildman–Crippen MR) is 114 cm³/mol. The number of carbonyl (C=O) groups is 2. The molecule has 2 aliphatic heterocycles. The Balaban J connectivity index is 1.27. The first-order valence-corrected chi connectivity index (χ1v) is 10.1. The Kier molecular flexibility index (Phi) is 4.54. The second-order valence-corrected chi connectivity index (χ2v) is 7.78. The molecule has 2 unspecified atom stereocenters. The Morgan fingerprint density at radius 3 is 2.70 bits per heavy atom. The molecule has 1 N–H and O–H groups in total. The molecule has 2 amide bonds. The molecule has 0 radical (unpaired) electrons. The van der Waals surface area contributed by atoms with E-state index in [-0.39, 0.29) is 37.0 Å². The van der Waals surface area contributed by atoms with E-state index in [1.807, 2.05) is 31.2 Å². The summed E-state index contributed by atoms with van der Waals surface area (Å²) in [6, 6.07) is 19.6. The van der Waals surface area contributed by atoms with E-state index in [2.05, 4.69) is 29.6 Å². The van der Waals surface area contributed by atoms with E-state index < -0.39 is 0 Å². The molecule has 2 atom stereocenters. The molecule has 0 aromatic heterocycles. The van der Waals surface area contributed by atoms with E-state index in [0.29, 0.717) is 18.0 Å². The van der Waals surface area contributed by atoms with Gasteiger partial charge in [-0.2, -0.15) is 0 Å². The van der Waals surface area contributed by atoms with Crippen LogP contribution in [0.15, 0.2) is 60.7 Å². The van der Waals surface area contributed by atoms with Crippen molar-refractivity contribution in [2.75, 3.05) is 18.2 Å². The van der Waals surface area contributed by atoms with Gasteiger partial charge < -0.3 is 19.7 Å². The van der Waals surface area contributed by atoms with Crippen LogP contribution >= 0.6 is 0 Å². The smallest absolute Gasteiger partial charge is 0.231 e. The molecule has 0 spiro atoms. The number of anilines is 1. The Morgan fingerprint density at radius 2 is 1.83 bits per heavy atom. The summed E-state index contributed by atoms with van der Waals surface area (Å²) < 4.78 is 10.7. The lowest BCUT2D eigenvalue weighted by atomic mass is 10.0. The molecule has 1 saturated heterocycles. The van der Waals surface area contributed by atoms with E-state index >= 15 is 0 Å². The molecule has 0 bridgehead atoms. The maximum atomic E-state index is 12.9. The molecule has 1 fully saturated rings. The summed E-state index contributed by atoms with van der Waals surface area (Å²) in [5.41, 5.74) is 1.76. The van der Waals surface area contributed by atoms with Gasteiger partial charge in [0.1, 0.15) is 0 Å². The summed E-state index contributed by atoms with van der Waals surface area (Å²) in [6.45, 7) is 2.51. The number of hydrogen-bond donors (Lipinski definition) is 1. The Hall–Kier alpha value is -3.54. The van der Waals surface area contributed by atoms with Crippen LogP contribution in [0.25, 0.3) is 10.8 Å². The van der Waals surface area contributed by atoms with Gasteiger partial charge in [0, 0.05) is 24.7 Å². The van der Waals surface area contributed by atoms with Crippen molar-refractivity contribution in [2.24, 2.45) is 5.92 Å². The van der Waals surface area contributed by atoms with E-state index in [1.165, 1.54) is 5.39 Å². The van der Waals surface area contributed by atoms with Crippen molar-refractivity contribution < 1.29 is 19.1 Å². The van der Waals surface area contributed by atoms with Crippen molar-refractivity contribution >= 4 is 28.3 Å². The topological polar surface area (TPSA) is 67.9 Å². The fourth-order valence-electron chi connectivity index (χ4n) is 4.08. The van der Waals surface area contributed by atoms with E-state index in [9.17, 15) is 9.59 Å². The maximum Gasteiger partial charge on any atom is 0.231 e. The van der Waals surface area contributed by atoms with Gasteiger partial charge in [-0.3, -0.25) is 9.59 Å². The Morgan fingerprint density at radius 1 is 1.03 bits per heavy atom. The van der Waals surface area contributed by atoms with Crippen molar-refractivity contribution in [2.45, 2.75) is 19.4 Å². The summed E-state index contributed by atoms with van der Waals surface area (Å²) in [5, 5.41) is 5.38. The fourth-order valence-corrected chi connectivity index (χ4v) is 4.08. The zero-order valence-corrected chi connectivity index (χ0v) is 16.6. The lowest BCUT2D eigenvalue weighted by Gasteiger charge is -2.19. The molecule has 152 valence electrons. The predicted octanol–water partition coefficient (Wildman–Crippen LogP) is 3.80. The zero-order valence-electron chi connectivity index (χ0n) is 16.6. The van der Waals surface area contributed by atoms with Crippen LogP contribution in [0.5, 0.6) is 11.5 Å². The first-order chi connectivity index (χ1) is 14.6. The van der Waals surface area contributed by atoms with Crippen LogP contribution in [-0.4, -0.2) is 25.2 Å². The highest BCUT2D eigenvalue weighted by atomic mass is 16.7. The summed E-state index contributed by atoms with van der Waals surface area (Å²) in [6.07, 6.45) is 0.199. The normalized spacial score (nSPS) is 18.6. The molecule has 3 aromatic carbocycles. The van der Waals surface area contributed by atoms with Crippen LogP contribution in [0.3, 0.4) is 0 Å². The van der Waals surface area contributed by atoms with E-state index in [0.717, 1.165) is 16.6 Å². The monoisotopic (exact) mass is 402 g/mol. The van der Waals surface area contributed by atoms with Gasteiger partial charge in [-0.15, -0.1) is 0 Å². The summed E-state index contributed by atoms with van der Waals surface area (Å²) in [7, 11) is 0. The van der Waals surface area contributed by atoms with E-state index in [4.69, 9.17) is 9.47 Å².